The molecule has 0 saturated heterocycles. The van der Waals surface area contributed by atoms with Crippen molar-refractivity contribution in [2.45, 2.75) is 72.2 Å². The number of ketones is 5. The number of ether oxygens (including phenoxy) is 3. The lowest BCUT2D eigenvalue weighted by atomic mass is 10.0. The third-order valence-electron chi connectivity index (χ3n) is 12.1. The highest BCUT2D eigenvalue weighted by Gasteiger charge is 2.31. The molecule has 8 aromatic rings. The van der Waals surface area contributed by atoms with E-state index < -0.39 is 28.0 Å². The molecular weight excluding hydrogens is 1170 g/mol. The number of Topliss-reactive ketones (excluding diaryl/α,β-unsaturated/α-hetero) is 2. The average molecular weight is 1230 g/mol. The van der Waals surface area contributed by atoms with Crippen molar-refractivity contribution < 1.29 is 57.7 Å². The van der Waals surface area contributed by atoms with E-state index >= 15 is 0 Å². The van der Waals surface area contributed by atoms with Crippen molar-refractivity contribution in [2.75, 3.05) is 11.1 Å². The number of nitrogen functional groups attached to an aromatic ring is 1. The number of nitrogens with two attached hydrogens (primary N) is 1. The maximum Gasteiger partial charge on any atom is 0.347 e. The summed E-state index contributed by atoms with van der Waals surface area (Å²) in [5.41, 5.74) is 7.28. The van der Waals surface area contributed by atoms with Gasteiger partial charge in [-0.1, -0.05) is 71.2 Å². The minimum absolute atomic E-state index is 0.0427. The number of nitrogens with one attached hydrogen (secondary N) is 1. The fourth-order valence-electron chi connectivity index (χ4n) is 7.21. The van der Waals surface area contributed by atoms with Gasteiger partial charge in [-0.2, -0.15) is 0 Å². The summed E-state index contributed by atoms with van der Waals surface area (Å²) < 4.78 is 16.8. The summed E-state index contributed by atoms with van der Waals surface area (Å²) in [5.74, 6) is -0.535. The van der Waals surface area contributed by atoms with E-state index in [-0.39, 0.29) is 34.8 Å². The first-order valence-corrected chi connectivity index (χ1v) is 27.5. The molecule has 0 bridgehead atoms. The molecule has 0 atom stereocenters. The van der Waals surface area contributed by atoms with E-state index in [0.29, 0.717) is 88.2 Å². The number of halogens is 4. The molecule has 0 aromatic heterocycles. The minimum Gasteiger partial charge on any atom is -0.479 e. The average Bonchev–Trinajstić information content (AvgIpc) is 3.65. The molecule has 0 aliphatic carbocycles. The summed E-state index contributed by atoms with van der Waals surface area (Å²) in [5, 5.41) is 12.7. The largest absolute Gasteiger partial charge is 0.479 e. The van der Waals surface area contributed by atoms with Crippen LogP contribution < -0.4 is 25.3 Å². The zero-order valence-corrected chi connectivity index (χ0v) is 50.5. The molecule has 0 fully saturated rings. The molecule has 0 spiro atoms. The van der Waals surface area contributed by atoms with Crippen LogP contribution in [0, 0.1) is 0 Å². The van der Waals surface area contributed by atoms with Crippen molar-refractivity contribution in [3.63, 3.8) is 0 Å². The van der Waals surface area contributed by atoms with Crippen LogP contribution in [0.2, 0.25) is 15.1 Å². The number of aliphatic carboxylic acids is 1. The number of carboxylic acid groups (broad SMARTS) is 1. The lowest BCUT2D eigenvalue weighted by Crippen LogP contribution is -2.42. The van der Waals surface area contributed by atoms with Crippen molar-refractivity contribution in [1.29, 1.82) is 0 Å². The monoisotopic (exact) mass is 1220 g/mol. The summed E-state index contributed by atoms with van der Waals surface area (Å²) in [7, 11) is 0. The van der Waals surface area contributed by atoms with Gasteiger partial charge in [0, 0.05) is 71.0 Å². The Morgan fingerprint density at radius 1 is 0.400 bits per heavy atom. The van der Waals surface area contributed by atoms with Gasteiger partial charge < -0.3 is 30.4 Å². The Hall–Kier alpha value is -8.92. The number of carboxylic acids is 1. The predicted molar refractivity (Wildman–Crippen MR) is 333 cm³/mol. The van der Waals surface area contributed by atoms with Crippen molar-refractivity contribution in [3.8, 4) is 17.2 Å². The van der Waals surface area contributed by atoms with Gasteiger partial charge in [-0.25, -0.2) is 4.79 Å². The van der Waals surface area contributed by atoms with Gasteiger partial charge in [0.25, 0.3) is 11.1 Å². The second-order valence-corrected chi connectivity index (χ2v) is 21.9. The Morgan fingerprint density at radius 3 is 0.988 bits per heavy atom. The molecule has 8 aromatic carbocycles. The molecule has 0 heterocycles. The van der Waals surface area contributed by atoms with Crippen LogP contribution in [0.4, 0.5) is 11.4 Å². The van der Waals surface area contributed by atoms with Crippen LogP contribution in [0.15, 0.2) is 194 Å². The first-order chi connectivity index (χ1) is 39.9. The molecule has 14 nitrogen and oxygen atoms in total. The molecule has 4 N–H and O–H groups in total. The lowest BCUT2D eigenvalue weighted by Gasteiger charge is -2.25. The third kappa shape index (κ3) is 20.4. The van der Waals surface area contributed by atoms with Crippen LogP contribution in [0.25, 0.3) is 0 Å². The zero-order valence-electron chi connectivity index (χ0n) is 47.5. The predicted octanol–water partition coefficient (Wildman–Crippen LogP) is 15.3. The quantitative estimate of drug-likeness (QED) is 0.0414. The molecule has 0 radical (unpaired) electrons. The summed E-state index contributed by atoms with van der Waals surface area (Å²) in [6.07, 6.45) is 0. The van der Waals surface area contributed by atoms with Crippen LogP contribution in [-0.2, 0) is 14.4 Å². The van der Waals surface area contributed by atoms with Crippen LogP contribution in [-0.4, -0.2) is 67.9 Å². The number of hydrogen-bond donors (Lipinski definition) is 3. The van der Waals surface area contributed by atoms with E-state index in [9.17, 15) is 38.4 Å². The van der Waals surface area contributed by atoms with Gasteiger partial charge in [0.2, 0.25) is 0 Å². The van der Waals surface area contributed by atoms with E-state index in [1.165, 1.54) is 27.7 Å². The first-order valence-electron chi connectivity index (χ1n) is 25.9. The molecular formula is C67H60Cl4N2O12. The Bertz CT molecular complexity index is 3570. The molecule has 8 rings (SSSR count). The maximum absolute atomic E-state index is 12.7. The molecule has 85 heavy (non-hydrogen) atoms. The second kappa shape index (κ2) is 30.1. The fourth-order valence-corrected chi connectivity index (χ4v) is 7.82. The van der Waals surface area contributed by atoms with Crippen molar-refractivity contribution in [1.82, 2.24) is 0 Å². The van der Waals surface area contributed by atoms with Gasteiger partial charge in [0.15, 0.2) is 45.7 Å². The summed E-state index contributed by atoms with van der Waals surface area (Å²) in [6.45, 7) is 12.4. The molecule has 0 aliphatic heterocycles. The smallest absolute Gasteiger partial charge is 0.347 e. The Morgan fingerprint density at radius 2 is 0.694 bits per heavy atom. The number of benzene rings is 8. The summed E-state index contributed by atoms with van der Waals surface area (Å²) in [4.78, 5) is 94.3. The Kier molecular flexibility index (Phi) is 23.6. The summed E-state index contributed by atoms with van der Waals surface area (Å²) in [6, 6.07) is 53.1. The number of hydrogen-bond acceptors (Lipinski definition) is 12. The van der Waals surface area contributed by atoms with E-state index in [1.807, 2.05) is 0 Å². The highest BCUT2D eigenvalue weighted by molar-refractivity contribution is 6.65. The van der Waals surface area contributed by atoms with E-state index in [4.69, 9.17) is 71.5 Å². The van der Waals surface area contributed by atoms with Crippen molar-refractivity contribution in [3.05, 3.63) is 254 Å². The zero-order chi connectivity index (χ0) is 62.8. The molecule has 0 saturated carbocycles. The van der Waals surface area contributed by atoms with Gasteiger partial charge in [0.1, 0.15) is 17.2 Å². The number of amides is 1. The molecule has 438 valence electrons. The van der Waals surface area contributed by atoms with E-state index in [1.54, 1.807) is 222 Å². The summed E-state index contributed by atoms with van der Waals surface area (Å²) >= 11 is 23.2. The molecule has 0 aliphatic rings. The third-order valence-corrected chi connectivity index (χ3v) is 13.3. The number of carbonyl (C=O) groups excluding carboxylic acids is 7. The van der Waals surface area contributed by atoms with Crippen LogP contribution in [0.1, 0.15) is 124 Å². The normalized spacial score (nSPS) is 10.8. The number of carbonyl (C=O) groups is 8. The van der Waals surface area contributed by atoms with E-state index in [2.05, 4.69) is 5.32 Å². The molecule has 18 heteroatoms. The van der Waals surface area contributed by atoms with Crippen LogP contribution >= 0.6 is 46.4 Å². The highest BCUT2D eigenvalue weighted by Crippen LogP contribution is 2.26. The van der Waals surface area contributed by atoms with Gasteiger partial charge in [-0.15, -0.1) is 0 Å². The number of rotatable bonds is 18. The molecule has 0 unspecified atom stereocenters. The van der Waals surface area contributed by atoms with Crippen molar-refractivity contribution >= 4 is 104 Å². The SMILES string of the molecule is CC(=O)c1ccc(N)cc1.CC(=O)c1ccc(NC(=O)C(C)(C)Oc2ccc(C(=O)c3cccc(Cl)c3)cc2)cc1.CC(C)(Oc1ccc(C(=O)c2cccc(Cl)c2)cc1)C(=O)Cl.CC(C)(Oc1ccc(C(=O)c2cccc(Cl)c2)cc1)C(=O)O. The minimum atomic E-state index is -1.33. The van der Waals surface area contributed by atoms with Gasteiger partial charge in [-0.3, -0.25) is 33.6 Å². The van der Waals surface area contributed by atoms with Gasteiger partial charge >= 0.3 is 5.97 Å². The lowest BCUT2D eigenvalue weighted by molar-refractivity contribution is -0.152. The standard InChI is InChI=1S/C25H22ClNO4.C17H14Cl2O3.C17H15ClO4.C8H9NO/c1-16(28)17-7-11-21(12-8-17)27-24(30)25(2,3)31-22-13-9-18(10-14-22)23(29)19-5-4-6-20(26)15-19;1-17(2,16(19)21)22-14-8-6-11(7-9-14)15(20)12-4-3-5-13(18)10-12;1-17(2,16(20)21)22-14-8-6-11(7-9-14)15(19)12-4-3-5-13(18)10-12;1-6(10)7-2-4-8(9)5-3-7/h4-15H,1-3H3,(H,27,30);3-10H,1-2H3;3-10H,1-2H3,(H,20,21);2-5H,9H2,1H3. The van der Waals surface area contributed by atoms with Gasteiger partial charge in [-0.05, 0) is 225 Å². The number of anilines is 2. The van der Waals surface area contributed by atoms with E-state index in [0.717, 1.165) is 0 Å². The highest BCUT2D eigenvalue weighted by atomic mass is 35.5. The van der Waals surface area contributed by atoms with Gasteiger partial charge in [0.05, 0.1) is 0 Å². The van der Waals surface area contributed by atoms with Crippen LogP contribution in [0.3, 0.4) is 0 Å². The van der Waals surface area contributed by atoms with Crippen LogP contribution in [0.5, 0.6) is 17.2 Å². The maximum atomic E-state index is 12.7. The first kappa shape index (κ1) is 66.9. The Balaban J connectivity index is 0.000000219. The topological polar surface area (TPSA) is 223 Å². The second-order valence-electron chi connectivity index (χ2n) is 20.3. The van der Waals surface area contributed by atoms with Crippen molar-refractivity contribution in [2.24, 2.45) is 0 Å². The molecule has 1 amide bonds. The Labute approximate surface area is 512 Å². The fraction of sp³-hybridized carbons (Fsp3) is 0.164.